The summed E-state index contributed by atoms with van der Waals surface area (Å²) in [6.45, 7) is 0.667. The summed E-state index contributed by atoms with van der Waals surface area (Å²) >= 11 is 7.32. The van der Waals surface area contributed by atoms with E-state index in [0.717, 1.165) is 22.0 Å². The minimum Gasteiger partial charge on any atom is -0.369 e. The molecular weight excluding hydrogens is 342 g/mol. The molecule has 2 N–H and O–H groups in total. The Kier molecular flexibility index (Phi) is 5.23. The zero-order valence-electron chi connectivity index (χ0n) is 12.9. The molecule has 24 heavy (non-hydrogen) atoms. The first-order valence-corrected chi connectivity index (χ1v) is 8.76. The molecule has 2 aromatic carbocycles. The van der Waals surface area contributed by atoms with Gasteiger partial charge in [-0.05, 0) is 23.3 Å². The SMILES string of the molecule is NC(=O)CSc1ncc(-c2ccc(Cl)cc2)n1Cc1ccccc1. The monoisotopic (exact) mass is 357 g/mol. The van der Waals surface area contributed by atoms with Gasteiger partial charge in [-0.15, -0.1) is 0 Å². The smallest absolute Gasteiger partial charge is 0.227 e. The Morgan fingerprint density at radius 3 is 2.50 bits per heavy atom. The molecule has 0 aliphatic carbocycles. The zero-order chi connectivity index (χ0) is 16.9. The standard InChI is InChI=1S/C18H16ClN3OS/c19-15-8-6-14(7-9-15)16-10-21-18(24-12-17(20)23)22(16)11-13-4-2-1-3-5-13/h1-10H,11-12H2,(H2,20,23). The highest BCUT2D eigenvalue weighted by atomic mass is 35.5. The first-order chi connectivity index (χ1) is 11.6. The lowest BCUT2D eigenvalue weighted by atomic mass is 10.1. The molecule has 122 valence electrons. The molecule has 1 aromatic heterocycles. The van der Waals surface area contributed by atoms with E-state index in [0.29, 0.717) is 11.6 Å². The molecule has 0 atom stereocenters. The third kappa shape index (κ3) is 3.99. The summed E-state index contributed by atoms with van der Waals surface area (Å²) in [5.74, 6) is -0.159. The van der Waals surface area contributed by atoms with Gasteiger partial charge in [0.2, 0.25) is 5.91 Å². The Hall–Kier alpha value is -2.24. The second-order valence-electron chi connectivity index (χ2n) is 5.26. The second-order valence-corrected chi connectivity index (χ2v) is 6.64. The van der Waals surface area contributed by atoms with Crippen molar-refractivity contribution in [2.45, 2.75) is 11.7 Å². The number of carbonyl (C=O) groups excluding carboxylic acids is 1. The van der Waals surface area contributed by atoms with E-state index in [4.69, 9.17) is 17.3 Å². The van der Waals surface area contributed by atoms with Crippen molar-refractivity contribution in [1.29, 1.82) is 0 Å². The maximum atomic E-state index is 11.1. The molecule has 0 unspecified atom stereocenters. The number of imidazole rings is 1. The number of thioether (sulfide) groups is 1. The summed E-state index contributed by atoms with van der Waals surface area (Å²) in [5, 5.41) is 1.46. The van der Waals surface area contributed by atoms with Gasteiger partial charge in [-0.2, -0.15) is 0 Å². The van der Waals surface area contributed by atoms with E-state index < -0.39 is 0 Å². The average molecular weight is 358 g/mol. The molecule has 6 heteroatoms. The van der Waals surface area contributed by atoms with Crippen LogP contribution >= 0.6 is 23.4 Å². The van der Waals surface area contributed by atoms with Gasteiger partial charge in [0.05, 0.1) is 24.2 Å². The van der Waals surface area contributed by atoms with Crippen LogP contribution in [0.1, 0.15) is 5.56 Å². The molecule has 0 saturated heterocycles. The molecule has 0 spiro atoms. The quantitative estimate of drug-likeness (QED) is 0.682. The molecule has 3 rings (SSSR count). The number of halogens is 1. The van der Waals surface area contributed by atoms with Gasteiger partial charge in [0.1, 0.15) is 0 Å². The number of primary amides is 1. The van der Waals surface area contributed by atoms with Gasteiger partial charge in [0.25, 0.3) is 0 Å². The Morgan fingerprint density at radius 1 is 1.12 bits per heavy atom. The number of benzene rings is 2. The van der Waals surface area contributed by atoms with Crippen LogP contribution in [0.2, 0.25) is 5.02 Å². The van der Waals surface area contributed by atoms with Gasteiger partial charge >= 0.3 is 0 Å². The third-order valence-corrected chi connectivity index (χ3v) is 4.75. The first kappa shape index (κ1) is 16.6. The average Bonchev–Trinajstić information content (AvgIpc) is 2.97. The highest BCUT2D eigenvalue weighted by Crippen LogP contribution is 2.28. The van der Waals surface area contributed by atoms with E-state index in [1.807, 2.05) is 48.7 Å². The van der Waals surface area contributed by atoms with Crippen molar-refractivity contribution in [2.24, 2.45) is 5.73 Å². The van der Waals surface area contributed by atoms with Crippen molar-refractivity contribution < 1.29 is 4.79 Å². The van der Waals surface area contributed by atoms with Crippen LogP contribution in [-0.4, -0.2) is 21.2 Å². The van der Waals surface area contributed by atoms with Crippen molar-refractivity contribution in [1.82, 2.24) is 9.55 Å². The van der Waals surface area contributed by atoms with Crippen LogP contribution in [0.15, 0.2) is 66.0 Å². The minimum atomic E-state index is -0.359. The predicted molar refractivity (Wildman–Crippen MR) is 98.1 cm³/mol. The number of rotatable bonds is 6. The van der Waals surface area contributed by atoms with Crippen molar-refractivity contribution in [3.63, 3.8) is 0 Å². The molecule has 0 saturated carbocycles. The maximum absolute atomic E-state index is 11.1. The molecule has 1 amide bonds. The molecule has 1 heterocycles. The number of hydrogen-bond donors (Lipinski definition) is 1. The van der Waals surface area contributed by atoms with Crippen LogP contribution in [0.4, 0.5) is 0 Å². The minimum absolute atomic E-state index is 0.200. The Bertz CT molecular complexity index is 831. The van der Waals surface area contributed by atoms with Crippen molar-refractivity contribution in [3.8, 4) is 11.3 Å². The molecule has 0 aliphatic rings. The van der Waals surface area contributed by atoms with Crippen LogP contribution in [-0.2, 0) is 11.3 Å². The fourth-order valence-electron chi connectivity index (χ4n) is 2.38. The number of nitrogens with two attached hydrogens (primary N) is 1. The van der Waals surface area contributed by atoms with Gasteiger partial charge in [-0.1, -0.05) is 65.8 Å². The summed E-state index contributed by atoms with van der Waals surface area (Å²) in [6.07, 6.45) is 1.81. The van der Waals surface area contributed by atoms with Gasteiger partial charge < -0.3 is 10.3 Å². The first-order valence-electron chi connectivity index (χ1n) is 7.40. The van der Waals surface area contributed by atoms with Crippen molar-refractivity contribution in [3.05, 3.63) is 71.4 Å². The van der Waals surface area contributed by atoms with Gasteiger partial charge in [0.15, 0.2) is 5.16 Å². The number of carbonyl (C=O) groups is 1. The maximum Gasteiger partial charge on any atom is 0.227 e. The molecule has 3 aromatic rings. The van der Waals surface area contributed by atoms with E-state index in [-0.39, 0.29) is 11.7 Å². The summed E-state index contributed by atoms with van der Waals surface area (Å²) in [6, 6.07) is 17.8. The van der Waals surface area contributed by atoms with Gasteiger partial charge in [-0.25, -0.2) is 4.98 Å². The fraction of sp³-hybridized carbons (Fsp3) is 0.111. The fourth-order valence-corrected chi connectivity index (χ4v) is 3.22. The Labute approximate surface area is 149 Å². The largest absolute Gasteiger partial charge is 0.369 e. The van der Waals surface area contributed by atoms with Crippen LogP contribution in [0, 0.1) is 0 Å². The van der Waals surface area contributed by atoms with E-state index in [1.165, 1.54) is 11.8 Å². The molecule has 4 nitrogen and oxygen atoms in total. The Balaban J connectivity index is 1.98. The summed E-state index contributed by atoms with van der Waals surface area (Å²) < 4.78 is 2.09. The lowest BCUT2D eigenvalue weighted by molar-refractivity contribution is -0.115. The second kappa shape index (κ2) is 7.55. The van der Waals surface area contributed by atoms with Crippen molar-refractivity contribution >= 4 is 29.3 Å². The highest BCUT2D eigenvalue weighted by Gasteiger charge is 2.13. The van der Waals surface area contributed by atoms with E-state index >= 15 is 0 Å². The molecule has 0 bridgehead atoms. The Morgan fingerprint density at radius 2 is 1.83 bits per heavy atom. The number of amides is 1. The zero-order valence-corrected chi connectivity index (χ0v) is 14.4. The van der Waals surface area contributed by atoms with Crippen LogP contribution in [0.3, 0.4) is 0 Å². The number of nitrogens with zero attached hydrogens (tertiary/aromatic N) is 2. The molecule has 0 aliphatic heterocycles. The normalized spacial score (nSPS) is 10.7. The summed E-state index contributed by atoms with van der Waals surface area (Å²) in [7, 11) is 0. The van der Waals surface area contributed by atoms with Gasteiger partial charge in [-0.3, -0.25) is 4.79 Å². The molecular formula is C18H16ClN3OS. The third-order valence-electron chi connectivity index (χ3n) is 3.49. The van der Waals surface area contributed by atoms with Crippen LogP contribution in [0.5, 0.6) is 0 Å². The molecule has 0 radical (unpaired) electrons. The summed E-state index contributed by atoms with van der Waals surface area (Å²) in [4.78, 5) is 15.6. The van der Waals surface area contributed by atoms with E-state index in [1.54, 1.807) is 0 Å². The number of hydrogen-bond acceptors (Lipinski definition) is 3. The molecule has 0 fully saturated rings. The van der Waals surface area contributed by atoms with E-state index in [9.17, 15) is 4.79 Å². The number of aromatic nitrogens is 2. The summed E-state index contributed by atoms with van der Waals surface area (Å²) in [5.41, 5.74) is 8.42. The van der Waals surface area contributed by atoms with E-state index in [2.05, 4.69) is 21.7 Å². The van der Waals surface area contributed by atoms with Crippen LogP contribution in [0.25, 0.3) is 11.3 Å². The topological polar surface area (TPSA) is 60.9 Å². The van der Waals surface area contributed by atoms with Crippen molar-refractivity contribution in [2.75, 3.05) is 5.75 Å². The lowest BCUT2D eigenvalue weighted by Gasteiger charge is -2.12. The highest BCUT2D eigenvalue weighted by molar-refractivity contribution is 7.99. The lowest BCUT2D eigenvalue weighted by Crippen LogP contribution is -2.14. The van der Waals surface area contributed by atoms with Gasteiger partial charge in [0, 0.05) is 5.02 Å². The van der Waals surface area contributed by atoms with Crippen LogP contribution < -0.4 is 5.73 Å². The predicted octanol–water partition coefficient (Wildman–Crippen LogP) is 3.83.